The maximum absolute atomic E-state index is 10.2. The van der Waals surface area contributed by atoms with Crippen molar-refractivity contribution in [1.29, 1.82) is 0 Å². The van der Waals surface area contributed by atoms with Crippen LogP contribution in [0.25, 0.3) is 0 Å². The van der Waals surface area contributed by atoms with Crippen molar-refractivity contribution in [3.8, 4) is 0 Å². The first-order chi connectivity index (χ1) is 9.29. The number of hydrogen-bond donors (Lipinski definition) is 1. The van der Waals surface area contributed by atoms with Gasteiger partial charge in [-0.3, -0.25) is 4.90 Å². The minimum atomic E-state index is -0.435. The monoisotopic (exact) mass is 273 g/mol. The van der Waals surface area contributed by atoms with E-state index in [9.17, 15) is 5.11 Å². The Kier molecular flexibility index (Phi) is 5.33. The van der Waals surface area contributed by atoms with E-state index in [-0.39, 0.29) is 0 Å². The molecule has 3 heteroatoms. The Morgan fingerprint density at radius 1 is 1.26 bits per heavy atom. The summed E-state index contributed by atoms with van der Waals surface area (Å²) in [5, 5.41) is 14.2. The van der Waals surface area contributed by atoms with E-state index in [1.165, 1.54) is 5.56 Å². The van der Waals surface area contributed by atoms with E-state index >= 15 is 0 Å². The zero-order valence-electron chi connectivity index (χ0n) is 10.9. The Balaban J connectivity index is 1.98. The van der Waals surface area contributed by atoms with Crippen molar-refractivity contribution >= 4 is 11.3 Å². The van der Waals surface area contributed by atoms with Crippen molar-refractivity contribution in [1.82, 2.24) is 4.90 Å². The first-order valence-corrected chi connectivity index (χ1v) is 7.31. The van der Waals surface area contributed by atoms with Gasteiger partial charge in [-0.05, 0) is 28.0 Å². The second-order valence-corrected chi connectivity index (χ2v) is 5.32. The molecule has 0 radical (unpaired) electrons. The molecule has 0 aliphatic carbocycles. The number of nitrogens with zero attached hydrogens (tertiary/aromatic N) is 1. The minimum Gasteiger partial charge on any atom is -0.387 e. The van der Waals surface area contributed by atoms with Gasteiger partial charge in [0.1, 0.15) is 0 Å². The van der Waals surface area contributed by atoms with E-state index in [1.807, 2.05) is 41.1 Å². The topological polar surface area (TPSA) is 23.5 Å². The summed E-state index contributed by atoms with van der Waals surface area (Å²) in [6, 6.07) is 12.3. The van der Waals surface area contributed by atoms with Crippen molar-refractivity contribution in [3.05, 3.63) is 70.9 Å². The van der Waals surface area contributed by atoms with Crippen molar-refractivity contribution in [2.24, 2.45) is 0 Å². The fourth-order valence-electron chi connectivity index (χ4n) is 2.04. The molecule has 0 aliphatic heterocycles. The molecule has 2 rings (SSSR count). The average Bonchev–Trinajstić information content (AvgIpc) is 2.94. The maximum Gasteiger partial charge on any atom is 0.0925 e. The second kappa shape index (κ2) is 7.24. The van der Waals surface area contributed by atoms with Crippen LogP contribution in [-0.2, 0) is 6.54 Å². The first kappa shape index (κ1) is 14.0. The molecule has 1 aromatic carbocycles. The van der Waals surface area contributed by atoms with Gasteiger partial charge in [-0.2, -0.15) is 11.3 Å². The lowest BCUT2D eigenvalue weighted by atomic mass is 10.1. The highest BCUT2D eigenvalue weighted by atomic mass is 32.1. The molecule has 0 aliphatic rings. The quantitative estimate of drug-likeness (QED) is 0.781. The molecule has 19 heavy (non-hydrogen) atoms. The zero-order chi connectivity index (χ0) is 13.5. The molecule has 1 atom stereocenters. The number of aliphatic hydroxyl groups is 1. The van der Waals surface area contributed by atoms with Crippen LogP contribution in [0.5, 0.6) is 0 Å². The fraction of sp³-hybridized carbons (Fsp3) is 0.250. The molecule has 1 unspecified atom stereocenters. The van der Waals surface area contributed by atoms with Gasteiger partial charge < -0.3 is 5.11 Å². The molecule has 0 spiro atoms. The lowest BCUT2D eigenvalue weighted by Crippen LogP contribution is -2.28. The van der Waals surface area contributed by atoms with Crippen LogP contribution in [0.15, 0.2) is 59.8 Å². The minimum absolute atomic E-state index is 0.435. The summed E-state index contributed by atoms with van der Waals surface area (Å²) in [4.78, 5) is 2.20. The van der Waals surface area contributed by atoms with Crippen molar-refractivity contribution in [3.63, 3.8) is 0 Å². The van der Waals surface area contributed by atoms with Crippen LogP contribution in [0.4, 0.5) is 0 Å². The third kappa shape index (κ3) is 4.31. The SMILES string of the molecule is C=CCN(Cc1ccccc1)CC(O)c1ccsc1. The van der Waals surface area contributed by atoms with E-state index < -0.39 is 6.10 Å². The highest BCUT2D eigenvalue weighted by Crippen LogP contribution is 2.18. The van der Waals surface area contributed by atoms with Crippen molar-refractivity contribution in [2.45, 2.75) is 12.6 Å². The van der Waals surface area contributed by atoms with E-state index in [2.05, 4.69) is 23.6 Å². The molecule has 2 nitrogen and oxygen atoms in total. The maximum atomic E-state index is 10.2. The van der Waals surface area contributed by atoms with Gasteiger partial charge in [-0.15, -0.1) is 6.58 Å². The summed E-state index contributed by atoms with van der Waals surface area (Å²) in [6.45, 7) is 6.01. The lowest BCUT2D eigenvalue weighted by Gasteiger charge is -2.23. The van der Waals surface area contributed by atoms with Gasteiger partial charge in [0.15, 0.2) is 0 Å². The zero-order valence-corrected chi connectivity index (χ0v) is 11.7. The van der Waals surface area contributed by atoms with Crippen LogP contribution in [0.3, 0.4) is 0 Å². The molecule has 0 bridgehead atoms. The Bertz CT molecular complexity index is 481. The van der Waals surface area contributed by atoms with E-state index in [0.29, 0.717) is 6.54 Å². The molecule has 0 amide bonds. The van der Waals surface area contributed by atoms with E-state index in [4.69, 9.17) is 0 Å². The summed E-state index contributed by atoms with van der Waals surface area (Å²) < 4.78 is 0. The van der Waals surface area contributed by atoms with Crippen LogP contribution in [0.1, 0.15) is 17.2 Å². The van der Waals surface area contributed by atoms with Crippen LogP contribution in [0, 0.1) is 0 Å². The number of thiophene rings is 1. The van der Waals surface area contributed by atoms with Crippen LogP contribution in [0.2, 0.25) is 0 Å². The standard InChI is InChI=1S/C16H19NOS/c1-2-9-17(11-14-6-4-3-5-7-14)12-16(18)15-8-10-19-13-15/h2-8,10,13,16,18H,1,9,11-12H2. The number of hydrogen-bond acceptors (Lipinski definition) is 3. The summed E-state index contributed by atoms with van der Waals surface area (Å²) in [5.41, 5.74) is 2.24. The van der Waals surface area contributed by atoms with Gasteiger partial charge in [0.2, 0.25) is 0 Å². The molecule has 0 saturated heterocycles. The van der Waals surface area contributed by atoms with Gasteiger partial charge in [0.25, 0.3) is 0 Å². The molecule has 1 N–H and O–H groups in total. The summed E-state index contributed by atoms with van der Waals surface area (Å²) in [6.07, 6.45) is 1.44. The van der Waals surface area contributed by atoms with Crippen LogP contribution in [-0.4, -0.2) is 23.1 Å². The molecule has 1 aromatic heterocycles. The molecule has 2 aromatic rings. The van der Waals surface area contributed by atoms with E-state index in [0.717, 1.165) is 18.7 Å². The highest BCUT2D eigenvalue weighted by Gasteiger charge is 2.13. The smallest absolute Gasteiger partial charge is 0.0925 e. The summed E-state index contributed by atoms with van der Waals surface area (Å²) in [7, 11) is 0. The molecule has 1 heterocycles. The fourth-order valence-corrected chi connectivity index (χ4v) is 2.75. The molecule has 0 saturated carbocycles. The highest BCUT2D eigenvalue weighted by molar-refractivity contribution is 7.07. The molecule has 100 valence electrons. The first-order valence-electron chi connectivity index (χ1n) is 6.37. The molecular weight excluding hydrogens is 254 g/mol. The normalized spacial score (nSPS) is 12.5. The van der Waals surface area contributed by atoms with Crippen LogP contribution >= 0.6 is 11.3 Å². The van der Waals surface area contributed by atoms with E-state index in [1.54, 1.807) is 11.3 Å². The number of rotatable bonds is 7. The number of aliphatic hydroxyl groups excluding tert-OH is 1. The van der Waals surface area contributed by atoms with Crippen molar-refractivity contribution in [2.75, 3.05) is 13.1 Å². The third-order valence-electron chi connectivity index (χ3n) is 3.00. The lowest BCUT2D eigenvalue weighted by molar-refractivity contribution is 0.116. The largest absolute Gasteiger partial charge is 0.387 e. The van der Waals surface area contributed by atoms with Gasteiger partial charge in [0.05, 0.1) is 6.10 Å². The summed E-state index contributed by atoms with van der Waals surface area (Å²) >= 11 is 1.61. The Morgan fingerprint density at radius 3 is 2.68 bits per heavy atom. The van der Waals surface area contributed by atoms with Crippen LogP contribution < -0.4 is 0 Å². The Morgan fingerprint density at radius 2 is 2.05 bits per heavy atom. The van der Waals surface area contributed by atoms with Crippen molar-refractivity contribution < 1.29 is 5.11 Å². The Hall–Kier alpha value is -1.42. The van der Waals surface area contributed by atoms with Gasteiger partial charge in [0, 0.05) is 19.6 Å². The molecule has 0 fully saturated rings. The Labute approximate surface area is 118 Å². The van der Waals surface area contributed by atoms with Gasteiger partial charge in [-0.1, -0.05) is 36.4 Å². The number of benzene rings is 1. The third-order valence-corrected chi connectivity index (χ3v) is 3.70. The summed E-state index contributed by atoms with van der Waals surface area (Å²) in [5.74, 6) is 0. The second-order valence-electron chi connectivity index (χ2n) is 4.54. The predicted molar refractivity (Wildman–Crippen MR) is 81.2 cm³/mol. The van der Waals surface area contributed by atoms with Gasteiger partial charge >= 0.3 is 0 Å². The molecular formula is C16H19NOS. The average molecular weight is 273 g/mol. The predicted octanol–water partition coefficient (Wildman–Crippen LogP) is 3.47. The van der Waals surface area contributed by atoms with Gasteiger partial charge in [-0.25, -0.2) is 0 Å².